The van der Waals surface area contributed by atoms with Crippen molar-refractivity contribution in [2.24, 2.45) is 5.73 Å². The molecule has 3 nitrogen and oxygen atoms in total. The summed E-state index contributed by atoms with van der Waals surface area (Å²) in [5.74, 6) is 0.872. The van der Waals surface area contributed by atoms with Gasteiger partial charge in [-0.2, -0.15) is 0 Å². The van der Waals surface area contributed by atoms with Crippen LogP contribution < -0.4 is 5.73 Å². The summed E-state index contributed by atoms with van der Waals surface area (Å²) >= 11 is 3.52. The smallest absolute Gasteiger partial charge is 0.129 e. The molecule has 2 aromatic rings. The number of nitrogens with zero attached hydrogens (tertiary/aromatic N) is 2. The van der Waals surface area contributed by atoms with Crippen LogP contribution in [0.4, 0.5) is 0 Å². The molecular weight excluding hydrogens is 314 g/mol. The van der Waals surface area contributed by atoms with Crippen LogP contribution in [0.5, 0.6) is 0 Å². The second-order valence-electron chi connectivity index (χ2n) is 5.29. The van der Waals surface area contributed by atoms with Gasteiger partial charge in [0.15, 0.2) is 0 Å². The lowest BCUT2D eigenvalue weighted by Gasteiger charge is -2.10. The molecule has 0 spiro atoms. The monoisotopic (exact) mass is 333 g/mol. The lowest BCUT2D eigenvalue weighted by atomic mass is 10.0. The van der Waals surface area contributed by atoms with E-state index in [-0.39, 0.29) is 6.04 Å². The molecule has 0 amide bonds. The molecule has 1 aromatic carbocycles. The zero-order valence-corrected chi connectivity index (χ0v) is 13.7. The third-order valence-electron chi connectivity index (χ3n) is 3.20. The van der Waals surface area contributed by atoms with Crippen molar-refractivity contribution in [1.82, 2.24) is 9.97 Å². The minimum absolute atomic E-state index is 0.176. The Kier molecular flexibility index (Phi) is 4.89. The minimum atomic E-state index is 0.176. The maximum absolute atomic E-state index is 5.81. The van der Waals surface area contributed by atoms with Crippen molar-refractivity contribution in [2.75, 3.05) is 0 Å². The fraction of sp³-hybridized carbons (Fsp3) is 0.375. The third kappa shape index (κ3) is 3.87. The highest BCUT2D eigenvalue weighted by Gasteiger charge is 2.08. The van der Waals surface area contributed by atoms with Crippen LogP contribution in [0.1, 0.15) is 30.4 Å². The quantitative estimate of drug-likeness (QED) is 0.925. The Hall–Kier alpha value is -1.26. The van der Waals surface area contributed by atoms with E-state index in [1.807, 2.05) is 26.0 Å². The molecule has 20 heavy (non-hydrogen) atoms. The van der Waals surface area contributed by atoms with Crippen molar-refractivity contribution in [2.45, 2.75) is 39.7 Å². The Morgan fingerprint density at radius 2 is 1.95 bits per heavy atom. The molecule has 0 aliphatic carbocycles. The summed E-state index contributed by atoms with van der Waals surface area (Å²) in [6, 6.07) is 8.45. The van der Waals surface area contributed by atoms with Crippen LogP contribution in [-0.4, -0.2) is 16.0 Å². The summed E-state index contributed by atoms with van der Waals surface area (Å²) < 4.78 is 1.06. The Bertz CT molecular complexity index is 609. The zero-order valence-electron chi connectivity index (χ0n) is 12.2. The molecule has 0 saturated heterocycles. The van der Waals surface area contributed by atoms with Crippen molar-refractivity contribution >= 4 is 15.9 Å². The molecule has 0 saturated carbocycles. The SMILES string of the molecule is Cc1cc(-c2cc(Br)ccc2C)nc(CCC(C)N)n1. The lowest BCUT2D eigenvalue weighted by Crippen LogP contribution is -2.16. The number of halogens is 1. The van der Waals surface area contributed by atoms with E-state index in [0.717, 1.165) is 40.1 Å². The zero-order chi connectivity index (χ0) is 14.7. The molecule has 0 radical (unpaired) electrons. The number of aromatic nitrogens is 2. The molecule has 1 unspecified atom stereocenters. The molecule has 2 rings (SSSR count). The highest BCUT2D eigenvalue weighted by molar-refractivity contribution is 9.10. The Morgan fingerprint density at radius 3 is 2.65 bits per heavy atom. The van der Waals surface area contributed by atoms with E-state index in [0.29, 0.717) is 0 Å². The molecule has 1 atom stereocenters. The predicted molar refractivity (Wildman–Crippen MR) is 86.6 cm³/mol. The van der Waals surface area contributed by atoms with Crippen molar-refractivity contribution in [3.05, 3.63) is 45.8 Å². The maximum Gasteiger partial charge on any atom is 0.129 e. The van der Waals surface area contributed by atoms with Crippen molar-refractivity contribution in [3.63, 3.8) is 0 Å². The fourth-order valence-corrected chi connectivity index (χ4v) is 2.47. The molecule has 106 valence electrons. The van der Waals surface area contributed by atoms with Crippen LogP contribution >= 0.6 is 15.9 Å². The summed E-state index contributed by atoms with van der Waals surface area (Å²) in [6.45, 7) is 6.11. The van der Waals surface area contributed by atoms with Crippen LogP contribution in [0.15, 0.2) is 28.7 Å². The van der Waals surface area contributed by atoms with Crippen molar-refractivity contribution in [3.8, 4) is 11.3 Å². The second-order valence-corrected chi connectivity index (χ2v) is 6.20. The van der Waals surface area contributed by atoms with E-state index in [4.69, 9.17) is 10.7 Å². The Balaban J connectivity index is 2.38. The molecule has 1 heterocycles. The van der Waals surface area contributed by atoms with Gasteiger partial charge in [0, 0.05) is 28.2 Å². The van der Waals surface area contributed by atoms with E-state index >= 15 is 0 Å². The van der Waals surface area contributed by atoms with Crippen LogP contribution in [0, 0.1) is 13.8 Å². The molecule has 0 aliphatic heterocycles. The average Bonchev–Trinajstić information content (AvgIpc) is 2.38. The van der Waals surface area contributed by atoms with Gasteiger partial charge < -0.3 is 5.73 Å². The van der Waals surface area contributed by atoms with E-state index < -0.39 is 0 Å². The molecule has 2 N–H and O–H groups in total. The summed E-state index contributed by atoms with van der Waals surface area (Å²) in [5, 5.41) is 0. The van der Waals surface area contributed by atoms with Gasteiger partial charge in [-0.25, -0.2) is 9.97 Å². The first kappa shape index (κ1) is 15.1. The van der Waals surface area contributed by atoms with E-state index in [9.17, 15) is 0 Å². The predicted octanol–water partition coefficient (Wildman–Crippen LogP) is 3.80. The third-order valence-corrected chi connectivity index (χ3v) is 3.69. The van der Waals surface area contributed by atoms with E-state index in [1.165, 1.54) is 5.56 Å². The molecule has 0 bridgehead atoms. The van der Waals surface area contributed by atoms with Crippen molar-refractivity contribution < 1.29 is 0 Å². The van der Waals surface area contributed by atoms with Gasteiger partial charge in [0.2, 0.25) is 0 Å². The first-order valence-corrected chi connectivity index (χ1v) is 7.61. The molecule has 1 aromatic heterocycles. The summed E-state index contributed by atoms with van der Waals surface area (Å²) in [6.07, 6.45) is 1.72. The number of hydrogen-bond donors (Lipinski definition) is 1. The van der Waals surface area contributed by atoms with Crippen LogP contribution in [0.3, 0.4) is 0 Å². The topological polar surface area (TPSA) is 51.8 Å². The number of aryl methyl sites for hydroxylation is 3. The summed E-state index contributed by atoms with van der Waals surface area (Å²) in [7, 11) is 0. The number of hydrogen-bond acceptors (Lipinski definition) is 3. The minimum Gasteiger partial charge on any atom is -0.328 e. The molecule has 0 aliphatic rings. The second kappa shape index (κ2) is 6.46. The Labute approximate surface area is 128 Å². The van der Waals surface area contributed by atoms with Crippen LogP contribution in [0.2, 0.25) is 0 Å². The van der Waals surface area contributed by atoms with Gasteiger partial charge in [-0.3, -0.25) is 0 Å². The van der Waals surface area contributed by atoms with E-state index in [2.05, 4.69) is 40.0 Å². The highest BCUT2D eigenvalue weighted by atomic mass is 79.9. The molecule has 0 fully saturated rings. The van der Waals surface area contributed by atoms with Gasteiger partial charge in [-0.05, 0) is 51.0 Å². The molecule has 4 heteroatoms. The van der Waals surface area contributed by atoms with E-state index in [1.54, 1.807) is 0 Å². The molecular formula is C16H20BrN3. The van der Waals surface area contributed by atoms with Crippen LogP contribution in [-0.2, 0) is 6.42 Å². The van der Waals surface area contributed by atoms with Gasteiger partial charge in [0.25, 0.3) is 0 Å². The summed E-state index contributed by atoms with van der Waals surface area (Å²) in [4.78, 5) is 9.20. The van der Waals surface area contributed by atoms with Gasteiger partial charge in [-0.15, -0.1) is 0 Å². The lowest BCUT2D eigenvalue weighted by molar-refractivity contribution is 0.647. The Morgan fingerprint density at radius 1 is 1.20 bits per heavy atom. The fourth-order valence-electron chi connectivity index (χ4n) is 2.11. The average molecular weight is 334 g/mol. The largest absolute Gasteiger partial charge is 0.328 e. The van der Waals surface area contributed by atoms with Gasteiger partial charge >= 0.3 is 0 Å². The van der Waals surface area contributed by atoms with Gasteiger partial charge in [0.1, 0.15) is 5.82 Å². The maximum atomic E-state index is 5.81. The van der Waals surface area contributed by atoms with Crippen LogP contribution in [0.25, 0.3) is 11.3 Å². The standard InChI is InChI=1S/C16H20BrN3/c1-10-4-6-13(17)9-14(10)15-8-12(3)19-16(20-15)7-5-11(2)18/h4,6,8-9,11H,5,7,18H2,1-3H3. The number of nitrogens with two attached hydrogens (primary N) is 1. The number of benzene rings is 1. The highest BCUT2D eigenvalue weighted by Crippen LogP contribution is 2.26. The normalized spacial score (nSPS) is 12.4. The van der Waals surface area contributed by atoms with Crippen molar-refractivity contribution in [1.29, 1.82) is 0 Å². The van der Waals surface area contributed by atoms with Gasteiger partial charge in [-0.1, -0.05) is 22.0 Å². The summed E-state index contributed by atoms with van der Waals surface area (Å²) in [5.41, 5.74) is 10.1. The first-order valence-electron chi connectivity index (χ1n) is 6.82. The number of rotatable bonds is 4. The first-order chi connectivity index (χ1) is 9.45. The van der Waals surface area contributed by atoms with Gasteiger partial charge in [0.05, 0.1) is 5.69 Å².